The molecule has 0 radical (unpaired) electrons. The van der Waals surface area contributed by atoms with E-state index in [4.69, 9.17) is 10.5 Å². The van der Waals surface area contributed by atoms with Crippen molar-refractivity contribution < 1.29 is 4.74 Å². The summed E-state index contributed by atoms with van der Waals surface area (Å²) in [5, 5.41) is 0. The van der Waals surface area contributed by atoms with Crippen molar-refractivity contribution in [2.75, 3.05) is 19.1 Å². The molecular weight excluding hydrogens is 238 g/mol. The largest absolute Gasteiger partial charge is 0.497 e. The minimum atomic E-state index is 0.496. The van der Waals surface area contributed by atoms with Gasteiger partial charge in [-0.25, -0.2) is 0 Å². The van der Waals surface area contributed by atoms with Crippen molar-refractivity contribution in [3.05, 3.63) is 53.9 Å². The number of nitrogens with zero attached hydrogens (tertiary/aromatic N) is 2. The fourth-order valence-electron chi connectivity index (χ4n) is 2.04. The molecule has 1 aromatic heterocycles. The van der Waals surface area contributed by atoms with Crippen LogP contribution < -0.4 is 15.4 Å². The van der Waals surface area contributed by atoms with Gasteiger partial charge in [-0.15, -0.1) is 0 Å². The Bertz CT molecular complexity index is 525. The molecule has 0 bridgehead atoms. The van der Waals surface area contributed by atoms with Gasteiger partial charge in [-0.2, -0.15) is 0 Å². The van der Waals surface area contributed by atoms with Gasteiger partial charge in [-0.3, -0.25) is 4.98 Å². The quantitative estimate of drug-likeness (QED) is 0.892. The molecule has 2 rings (SSSR count). The monoisotopic (exact) mass is 257 g/mol. The highest BCUT2D eigenvalue weighted by atomic mass is 16.5. The third-order valence-electron chi connectivity index (χ3n) is 3.09. The predicted octanol–water partition coefficient (Wildman–Crippen LogP) is 2.19. The van der Waals surface area contributed by atoms with Gasteiger partial charge in [0.15, 0.2) is 0 Å². The van der Waals surface area contributed by atoms with Crippen molar-refractivity contribution in [3.8, 4) is 5.75 Å². The molecule has 0 amide bonds. The van der Waals surface area contributed by atoms with Crippen molar-refractivity contribution in [1.29, 1.82) is 0 Å². The van der Waals surface area contributed by atoms with Gasteiger partial charge >= 0.3 is 0 Å². The smallest absolute Gasteiger partial charge is 0.118 e. The number of benzene rings is 1. The van der Waals surface area contributed by atoms with Crippen molar-refractivity contribution in [3.63, 3.8) is 0 Å². The van der Waals surface area contributed by atoms with E-state index in [1.54, 1.807) is 13.3 Å². The first-order valence-electron chi connectivity index (χ1n) is 6.21. The van der Waals surface area contributed by atoms with Crippen LogP contribution in [0.2, 0.25) is 0 Å². The lowest BCUT2D eigenvalue weighted by molar-refractivity contribution is 0.414. The summed E-state index contributed by atoms with van der Waals surface area (Å²) in [4.78, 5) is 6.28. The minimum absolute atomic E-state index is 0.496. The van der Waals surface area contributed by atoms with Gasteiger partial charge in [0, 0.05) is 43.8 Å². The second-order valence-electron chi connectivity index (χ2n) is 4.41. The molecule has 2 aromatic rings. The molecular formula is C15H19N3O. The molecule has 1 heterocycles. The number of rotatable bonds is 5. The Morgan fingerprint density at radius 3 is 2.58 bits per heavy atom. The molecule has 0 aliphatic rings. The van der Waals surface area contributed by atoms with Crippen molar-refractivity contribution in [2.45, 2.75) is 13.1 Å². The van der Waals surface area contributed by atoms with E-state index in [2.05, 4.69) is 29.1 Å². The van der Waals surface area contributed by atoms with Crippen LogP contribution in [0.3, 0.4) is 0 Å². The van der Waals surface area contributed by atoms with E-state index in [1.807, 2.05) is 24.4 Å². The highest BCUT2D eigenvalue weighted by molar-refractivity contribution is 5.52. The van der Waals surface area contributed by atoms with Gasteiger partial charge in [0.05, 0.1) is 7.11 Å². The molecule has 0 atom stereocenters. The summed E-state index contributed by atoms with van der Waals surface area (Å²) in [6.45, 7) is 1.32. The van der Waals surface area contributed by atoms with Crippen LogP contribution in [0.4, 0.5) is 5.69 Å². The number of methoxy groups -OCH3 is 1. The maximum Gasteiger partial charge on any atom is 0.118 e. The highest BCUT2D eigenvalue weighted by Gasteiger charge is 2.07. The van der Waals surface area contributed by atoms with Crippen molar-refractivity contribution in [2.24, 2.45) is 5.73 Å². The second kappa shape index (κ2) is 6.20. The molecule has 19 heavy (non-hydrogen) atoms. The summed E-state index contributed by atoms with van der Waals surface area (Å²) in [6.07, 6.45) is 3.61. The van der Waals surface area contributed by atoms with Crippen LogP contribution in [0.5, 0.6) is 5.75 Å². The van der Waals surface area contributed by atoms with Gasteiger partial charge in [-0.1, -0.05) is 12.1 Å². The third-order valence-corrected chi connectivity index (χ3v) is 3.09. The van der Waals surface area contributed by atoms with E-state index >= 15 is 0 Å². The topological polar surface area (TPSA) is 51.4 Å². The predicted molar refractivity (Wildman–Crippen MR) is 77.2 cm³/mol. The minimum Gasteiger partial charge on any atom is -0.497 e. The lowest BCUT2D eigenvalue weighted by Gasteiger charge is -2.22. The maximum atomic E-state index is 5.74. The fraction of sp³-hybridized carbons (Fsp3) is 0.267. The average molecular weight is 257 g/mol. The molecule has 0 spiro atoms. The van der Waals surface area contributed by atoms with Gasteiger partial charge in [-0.05, 0) is 23.8 Å². The van der Waals surface area contributed by atoms with Gasteiger partial charge in [0.1, 0.15) is 5.75 Å². The van der Waals surface area contributed by atoms with E-state index in [0.29, 0.717) is 6.54 Å². The molecule has 0 saturated carbocycles. The lowest BCUT2D eigenvalue weighted by atomic mass is 10.1. The zero-order chi connectivity index (χ0) is 13.7. The standard InChI is InChI=1S/C15H19N3O/c1-18(15-7-8-17-10-13(15)9-16)11-12-3-5-14(19-2)6-4-12/h3-8,10H,9,11,16H2,1-2H3. The molecule has 1 aromatic carbocycles. The Labute approximate surface area is 113 Å². The first kappa shape index (κ1) is 13.4. The first-order chi connectivity index (χ1) is 9.24. The normalized spacial score (nSPS) is 10.3. The molecule has 0 fully saturated rings. The molecule has 0 aliphatic carbocycles. The first-order valence-corrected chi connectivity index (χ1v) is 6.21. The van der Waals surface area contributed by atoms with E-state index in [-0.39, 0.29) is 0 Å². The van der Waals surface area contributed by atoms with E-state index < -0.39 is 0 Å². The Morgan fingerprint density at radius 1 is 1.21 bits per heavy atom. The fourth-order valence-corrected chi connectivity index (χ4v) is 2.04. The van der Waals surface area contributed by atoms with Crippen molar-refractivity contribution in [1.82, 2.24) is 4.98 Å². The molecule has 4 heteroatoms. The molecule has 100 valence electrons. The van der Waals surface area contributed by atoms with Crippen LogP contribution in [0.1, 0.15) is 11.1 Å². The summed E-state index contributed by atoms with van der Waals surface area (Å²) < 4.78 is 5.16. The van der Waals surface area contributed by atoms with Crippen LogP contribution >= 0.6 is 0 Å². The second-order valence-corrected chi connectivity index (χ2v) is 4.41. The maximum absolute atomic E-state index is 5.74. The van der Waals surface area contributed by atoms with Crippen LogP contribution in [0, 0.1) is 0 Å². The van der Waals surface area contributed by atoms with Crippen LogP contribution in [0.15, 0.2) is 42.7 Å². The SMILES string of the molecule is COc1ccc(CN(C)c2ccncc2CN)cc1. The Balaban J connectivity index is 2.13. The van der Waals surface area contributed by atoms with E-state index in [9.17, 15) is 0 Å². The van der Waals surface area contributed by atoms with E-state index in [1.165, 1.54) is 5.56 Å². The Morgan fingerprint density at radius 2 is 1.95 bits per heavy atom. The molecule has 0 aliphatic heterocycles. The number of ether oxygens (including phenoxy) is 1. The number of anilines is 1. The summed E-state index contributed by atoms with van der Waals surface area (Å²) in [6, 6.07) is 10.1. The highest BCUT2D eigenvalue weighted by Crippen LogP contribution is 2.20. The van der Waals surface area contributed by atoms with Crippen LogP contribution in [-0.4, -0.2) is 19.1 Å². The van der Waals surface area contributed by atoms with Crippen molar-refractivity contribution >= 4 is 5.69 Å². The average Bonchev–Trinajstić information content (AvgIpc) is 2.48. The lowest BCUT2D eigenvalue weighted by Crippen LogP contribution is -2.19. The Hall–Kier alpha value is -2.07. The molecule has 0 saturated heterocycles. The molecule has 2 N–H and O–H groups in total. The zero-order valence-corrected chi connectivity index (χ0v) is 11.3. The van der Waals surface area contributed by atoms with Crippen LogP contribution in [-0.2, 0) is 13.1 Å². The number of hydrogen-bond donors (Lipinski definition) is 1. The number of nitrogens with two attached hydrogens (primary N) is 1. The number of aromatic nitrogens is 1. The number of pyridine rings is 1. The van der Waals surface area contributed by atoms with Gasteiger partial charge < -0.3 is 15.4 Å². The third kappa shape index (κ3) is 3.23. The molecule has 0 unspecified atom stereocenters. The summed E-state index contributed by atoms with van der Waals surface area (Å²) in [5.74, 6) is 0.873. The summed E-state index contributed by atoms with van der Waals surface area (Å²) in [7, 11) is 3.73. The zero-order valence-electron chi connectivity index (χ0n) is 11.3. The Kier molecular flexibility index (Phi) is 4.36. The number of hydrogen-bond acceptors (Lipinski definition) is 4. The molecule has 4 nitrogen and oxygen atoms in total. The van der Waals surface area contributed by atoms with Crippen LogP contribution in [0.25, 0.3) is 0 Å². The van der Waals surface area contributed by atoms with Gasteiger partial charge in [0.25, 0.3) is 0 Å². The summed E-state index contributed by atoms with van der Waals surface area (Å²) in [5.41, 5.74) is 9.13. The van der Waals surface area contributed by atoms with E-state index in [0.717, 1.165) is 23.5 Å². The van der Waals surface area contributed by atoms with Gasteiger partial charge in [0.2, 0.25) is 0 Å². The summed E-state index contributed by atoms with van der Waals surface area (Å²) >= 11 is 0.